The molecule has 0 bridgehead atoms. The Morgan fingerprint density at radius 2 is 1.91 bits per heavy atom. The molecule has 1 aliphatic carbocycles. The summed E-state index contributed by atoms with van der Waals surface area (Å²) in [4.78, 5) is 19.5. The molecule has 0 saturated heterocycles. The normalized spacial score (nSPS) is 15.7. The molecule has 3 heteroatoms. The largest absolute Gasteiger partial charge is 0.319 e. The van der Waals surface area contributed by atoms with Crippen LogP contribution in [0.2, 0.25) is 0 Å². The molecule has 1 fully saturated rings. The molecule has 3 aromatic rings. The molecule has 0 amide bonds. The number of hydrogen-bond donors (Lipinski definition) is 1. The second-order valence-electron chi connectivity index (χ2n) is 6.37. The molecule has 2 aromatic carbocycles. The molecular weight excluding hydrogens is 284 g/mol. The molecule has 0 spiro atoms. The number of rotatable bonds is 4. The Kier molecular flexibility index (Phi) is 3.49. The van der Waals surface area contributed by atoms with E-state index in [1.54, 1.807) is 0 Å². The van der Waals surface area contributed by atoms with Crippen molar-refractivity contribution in [1.82, 2.24) is 9.97 Å². The summed E-state index contributed by atoms with van der Waals surface area (Å²) in [6, 6.07) is 17.0. The van der Waals surface area contributed by atoms with E-state index in [2.05, 4.69) is 52.4 Å². The van der Waals surface area contributed by atoms with E-state index in [1.165, 1.54) is 24.0 Å². The molecule has 1 atom stereocenters. The number of fused-ring (bicyclic) bond motifs is 1. The van der Waals surface area contributed by atoms with Crippen LogP contribution in [0.3, 0.4) is 0 Å². The van der Waals surface area contributed by atoms with E-state index >= 15 is 0 Å². The fourth-order valence-electron chi connectivity index (χ4n) is 3.40. The topological polar surface area (TPSA) is 45.8 Å². The number of benzene rings is 2. The lowest BCUT2D eigenvalue weighted by Crippen LogP contribution is -2.14. The number of nitrogens with zero attached hydrogens (tertiary/aromatic N) is 1. The van der Waals surface area contributed by atoms with Gasteiger partial charge in [-0.3, -0.25) is 4.79 Å². The van der Waals surface area contributed by atoms with Gasteiger partial charge in [0.2, 0.25) is 0 Å². The first kappa shape index (κ1) is 14.2. The van der Waals surface area contributed by atoms with E-state index in [9.17, 15) is 4.79 Å². The molecule has 1 aromatic heterocycles. The SMILES string of the molecule is CCc1nc2ccc(C(c3ccccc3)C3CC3)cc2[nH]c1=O. The zero-order valence-electron chi connectivity index (χ0n) is 13.3. The van der Waals surface area contributed by atoms with Crippen molar-refractivity contribution in [2.45, 2.75) is 32.1 Å². The summed E-state index contributed by atoms with van der Waals surface area (Å²) in [6.07, 6.45) is 3.21. The molecule has 1 heterocycles. The van der Waals surface area contributed by atoms with E-state index < -0.39 is 0 Å². The van der Waals surface area contributed by atoms with Crippen LogP contribution in [-0.4, -0.2) is 9.97 Å². The second kappa shape index (κ2) is 5.65. The van der Waals surface area contributed by atoms with Gasteiger partial charge in [0.15, 0.2) is 0 Å². The van der Waals surface area contributed by atoms with Crippen molar-refractivity contribution in [2.75, 3.05) is 0 Å². The molecular formula is C20H20N2O. The highest BCUT2D eigenvalue weighted by molar-refractivity contribution is 5.75. The van der Waals surface area contributed by atoms with Crippen LogP contribution < -0.4 is 5.56 Å². The second-order valence-corrected chi connectivity index (χ2v) is 6.37. The predicted molar refractivity (Wildman–Crippen MR) is 92.8 cm³/mol. The van der Waals surface area contributed by atoms with Crippen molar-refractivity contribution < 1.29 is 0 Å². The number of aromatic nitrogens is 2. The Labute approximate surface area is 135 Å². The summed E-state index contributed by atoms with van der Waals surface area (Å²) in [5.41, 5.74) is 4.87. The van der Waals surface area contributed by atoms with E-state index in [0.29, 0.717) is 24.0 Å². The molecule has 3 nitrogen and oxygen atoms in total. The summed E-state index contributed by atoms with van der Waals surface area (Å²) in [7, 11) is 0. The van der Waals surface area contributed by atoms with Gasteiger partial charge in [0, 0.05) is 5.92 Å². The lowest BCUT2D eigenvalue weighted by molar-refractivity contribution is 0.704. The first-order chi connectivity index (χ1) is 11.3. The van der Waals surface area contributed by atoms with Gasteiger partial charge in [0.05, 0.1) is 11.0 Å². The number of hydrogen-bond acceptors (Lipinski definition) is 2. The van der Waals surface area contributed by atoms with Crippen molar-refractivity contribution in [3.63, 3.8) is 0 Å². The minimum Gasteiger partial charge on any atom is -0.319 e. The molecule has 4 rings (SSSR count). The first-order valence-corrected chi connectivity index (χ1v) is 8.34. The van der Waals surface area contributed by atoms with E-state index in [-0.39, 0.29) is 5.56 Å². The first-order valence-electron chi connectivity index (χ1n) is 8.34. The van der Waals surface area contributed by atoms with Crippen LogP contribution >= 0.6 is 0 Å². The van der Waals surface area contributed by atoms with Gasteiger partial charge in [-0.05, 0) is 48.4 Å². The summed E-state index contributed by atoms with van der Waals surface area (Å²) >= 11 is 0. The molecule has 116 valence electrons. The van der Waals surface area contributed by atoms with Crippen molar-refractivity contribution in [3.05, 3.63) is 75.7 Å². The number of aromatic amines is 1. The van der Waals surface area contributed by atoms with E-state index in [4.69, 9.17) is 0 Å². The van der Waals surface area contributed by atoms with Crippen LogP contribution in [0.1, 0.15) is 42.5 Å². The molecule has 0 radical (unpaired) electrons. The Morgan fingerprint density at radius 3 is 2.61 bits per heavy atom. The highest BCUT2D eigenvalue weighted by Gasteiger charge is 2.33. The molecule has 1 saturated carbocycles. The fraction of sp³-hybridized carbons (Fsp3) is 0.300. The Bertz CT molecular complexity index is 894. The Hall–Kier alpha value is -2.42. The van der Waals surface area contributed by atoms with Crippen LogP contribution in [0.15, 0.2) is 53.3 Å². The zero-order valence-corrected chi connectivity index (χ0v) is 13.3. The molecule has 0 aliphatic heterocycles. The van der Waals surface area contributed by atoms with Gasteiger partial charge in [-0.1, -0.05) is 43.3 Å². The van der Waals surface area contributed by atoms with Crippen LogP contribution in [0.4, 0.5) is 0 Å². The zero-order chi connectivity index (χ0) is 15.8. The Balaban J connectivity index is 1.82. The van der Waals surface area contributed by atoms with Crippen LogP contribution in [0.5, 0.6) is 0 Å². The standard InChI is InChI=1S/C20H20N2O/c1-2-16-20(23)22-18-12-15(10-11-17(18)21-16)19(14-8-9-14)13-6-4-3-5-7-13/h3-7,10-12,14,19H,2,8-9H2,1H3,(H,22,23). The molecule has 1 N–H and O–H groups in total. The lowest BCUT2D eigenvalue weighted by Gasteiger charge is -2.18. The average molecular weight is 304 g/mol. The molecule has 1 aliphatic rings. The maximum absolute atomic E-state index is 12.0. The smallest absolute Gasteiger partial charge is 0.270 e. The third kappa shape index (κ3) is 2.67. The van der Waals surface area contributed by atoms with Gasteiger partial charge in [0.1, 0.15) is 5.69 Å². The van der Waals surface area contributed by atoms with Gasteiger partial charge in [-0.25, -0.2) is 4.98 Å². The van der Waals surface area contributed by atoms with Crippen LogP contribution in [0, 0.1) is 5.92 Å². The number of nitrogens with one attached hydrogen (secondary N) is 1. The van der Waals surface area contributed by atoms with Gasteiger partial charge in [-0.15, -0.1) is 0 Å². The minimum absolute atomic E-state index is 0.0696. The summed E-state index contributed by atoms with van der Waals surface area (Å²) in [5.74, 6) is 1.12. The molecule has 1 unspecified atom stereocenters. The van der Waals surface area contributed by atoms with Crippen molar-refractivity contribution in [3.8, 4) is 0 Å². The van der Waals surface area contributed by atoms with Gasteiger partial charge < -0.3 is 4.98 Å². The predicted octanol–water partition coefficient (Wildman–Crippen LogP) is 4.03. The van der Waals surface area contributed by atoms with E-state index in [1.807, 2.05) is 13.0 Å². The highest BCUT2D eigenvalue weighted by atomic mass is 16.1. The third-order valence-corrected chi connectivity index (χ3v) is 4.73. The molecule has 23 heavy (non-hydrogen) atoms. The summed E-state index contributed by atoms with van der Waals surface area (Å²) < 4.78 is 0. The Morgan fingerprint density at radius 1 is 1.13 bits per heavy atom. The number of aryl methyl sites for hydroxylation is 1. The van der Waals surface area contributed by atoms with E-state index in [0.717, 1.165) is 11.0 Å². The highest BCUT2D eigenvalue weighted by Crippen LogP contribution is 2.46. The van der Waals surface area contributed by atoms with Crippen LogP contribution in [-0.2, 0) is 6.42 Å². The fourth-order valence-corrected chi connectivity index (χ4v) is 3.40. The number of H-pyrrole nitrogens is 1. The lowest BCUT2D eigenvalue weighted by atomic mass is 9.87. The van der Waals surface area contributed by atoms with Crippen molar-refractivity contribution >= 4 is 11.0 Å². The van der Waals surface area contributed by atoms with Crippen molar-refractivity contribution in [1.29, 1.82) is 0 Å². The van der Waals surface area contributed by atoms with Crippen molar-refractivity contribution in [2.24, 2.45) is 5.92 Å². The average Bonchev–Trinajstić information content (AvgIpc) is 3.40. The quantitative estimate of drug-likeness (QED) is 0.791. The van der Waals surface area contributed by atoms with Gasteiger partial charge in [0.25, 0.3) is 5.56 Å². The maximum Gasteiger partial charge on any atom is 0.270 e. The monoisotopic (exact) mass is 304 g/mol. The minimum atomic E-state index is -0.0696. The maximum atomic E-state index is 12.0. The van der Waals surface area contributed by atoms with Gasteiger partial charge in [-0.2, -0.15) is 0 Å². The van der Waals surface area contributed by atoms with Crippen LogP contribution in [0.25, 0.3) is 11.0 Å². The van der Waals surface area contributed by atoms with Gasteiger partial charge >= 0.3 is 0 Å². The summed E-state index contributed by atoms with van der Waals surface area (Å²) in [5, 5.41) is 0. The third-order valence-electron chi connectivity index (χ3n) is 4.73. The summed E-state index contributed by atoms with van der Waals surface area (Å²) in [6.45, 7) is 1.95.